The normalized spacial score (nSPS) is 11.6. The zero-order valence-electron chi connectivity index (χ0n) is 13.3. The first-order chi connectivity index (χ1) is 10.6. The minimum atomic E-state index is -0.220. The van der Waals surface area contributed by atoms with E-state index in [0.29, 0.717) is 17.1 Å². The number of carbonyl (C=O) groups is 1. The lowest BCUT2D eigenvalue weighted by Gasteiger charge is -2.17. The van der Waals surface area contributed by atoms with Gasteiger partial charge in [0, 0.05) is 0 Å². The van der Waals surface area contributed by atoms with Crippen molar-refractivity contribution in [3.05, 3.63) is 59.2 Å². The Bertz CT molecular complexity index is 628. The molecule has 0 aliphatic rings. The van der Waals surface area contributed by atoms with Crippen molar-refractivity contribution in [2.45, 2.75) is 19.9 Å². The highest BCUT2D eigenvalue weighted by atomic mass is 16.5. The van der Waals surface area contributed by atoms with Crippen molar-refractivity contribution in [1.29, 1.82) is 0 Å². The number of amides is 1. The van der Waals surface area contributed by atoms with Crippen LogP contribution >= 0.6 is 0 Å². The summed E-state index contributed by atoms with van der Waals surface area (Å²) in [5, 5.41) is 2.98. The molecular formula is C18H21NO3. The number of aryl methyl sites for hydroxylation is 1. The van der Waals surface area contributed by atoms with Gasteiger partial charge < -0.3 is 14.8 Å². The number of hydrogen-bond acceptors (Lipinski definition) is 3. The first kappa shape index (κ1) is 15.9. The maximum absolute atomic E-state index is 12.6. The lowest BCUT2D eigenvalue weighted by molar-refractivity contribution is 0.0933. The van der Waals surface area contributed by atoms with Gasteiger partial charge in [-0.3, -0.25) is 4.79 Å². The molecule has 2 aromatic carbocycles. The Kier molecular flexibility index (Phi) is 5.04. The Morgan fingerprint density at radius 3 is 2.05 bits per heavy atom. The first-order valence-corrected chi connectivity index (χ1v) is 7.15. The molecule has 0 heterocycles. The van der Waals surface area contributed by atoms with Gasteiger partial charge in [0.15, 0.2) is 0 Å². The summed E-state index contributed by atoms with van der Waals surface area (Å²) in [6.07, 6.45) is 0. The van der Waals surface area contributed by atoms with E-state index in [1.54, 1.807) is 18.2 Å². The van der Waals surface area contributed by atoms with Crippen LogP contribution in [0.4, 0.5) is 0 Å². The topological polar surface area (TPSA) is 47.6 Å². The van der Waals surface area contributed by atoms with E-state index in [0.717, 1.165) is 5.56 Å². The van der Waals surface area contributed by atoms with Crippen molar-refractivity contribution in [2.75, 3.05) is 14.2 Å². The number of benzene rings is 2. The molecule has 2 aromatic rings. The Balaban J connectivity index is 2.23. The molecule has 116 valence electrons. The van der Waals surface area contributed by atoms with E-state index < -0.39 is 0 Å². The van der Waals surface area contributed by atoms with Crippen molar-refractivity contribution >= 4 is 5.91 Å². The third-order valence-electron chi connectivity index (χ3n) is 3.58. The van der Waals surface area contributed by atoms with Gasteiger partial charge >= 0.3 is 0 Å². The lowest BCUT2D eigenvalue weighted by Crippen LogP contribution is -2.27. The average Bonchev–Trinajstić information content (AvgIpc) is 2.54. The second-order valence-corrected chi connectivity index (χ2v) is 5.14. The van der Waals surface area contributed by atoms with E-state index >= 15 is 0 Å². The summed E-state index contributed by atoms with van der Waals surface area (Å²) in [6.45, 7) is 3.98. The Morgan fingerprint density at radius 1 is 1.00 bits per heavy atom. The van der Waals surface area contributed by atoms with E-state index in [2.05, 4.69) is 5.32 Å². The molecule has 0 spiro atoms. The van der Waals surface area contributed by atoms with E-state index in [4.69, 9.17) is 9.47 Å². The summed E-state index contributed by atoms with van der Waals surface area (Å²) < 4.78 is 10.5. The van der Waals surface area contributed by atoms with Crippen LogP contribution in [0.2, 0.25) is 0 Å². The van der Waals surface area contributed by atoms with Crippen molar-refractivity contribution in [1.82, 2.24) is 5.32 Å². The van der Waals surface area contributed by atoms with Crippen LogP contribution in [0.1, 0.15) is 34.5 Å². The van der Waals surface area contributed by atoms with Gasteiger partial charge in [-0.1, -0.05) is 35.9 Å². The van der Waals surface area contributed by atoms with Crippen LogP contribution in [0.5, 0.6) is 11.5 Å². The van der Waals surface area contributed by atoms with Gasteiger partial charge in [0.1, 0.15) is 17.1 Å². The molecule has 1 amide bonds. The average molecular weight is 299 g/mol. The molecule has 1 unspecified atom stereocenters. The molecule has 0 saturated heterocycles. The van der Waals surface area contributed by atoms with Gasteiger partial charge in [0.25, 0.3) is 5.91 Å². The fourth-order valence-corrected chi connectivity index (χ4v) is 2.28. The second-order valence-electron chi connectivity index (χ2n) is 5.14. The van der Waals surface area contributed by atoms with E-state index in [9.17, 15) is 4.79 Å². The number of hydrogen-bond donors (Lipinski definition) is 1. The number of methoxy groups -OCH3 is 2. The zero-order valence-corrected chi connectivity index (χ0v) is 13.3. The maximum Gasteiger partial charge on any atom is 0.259 e. The number of nitrogens with one attached hydrogen (secondary N) is 1. The van der Waals surface area contributed by atoms with Crippen LogP contribution in [-0.4, -0.2) is 20.1 Å². The van der Waals surface area contributed by atoms with Gasteiger partial charge in [-0.15, -0.1) is 0 Å². The van der Waals surface area contributed by atoms with E-state index in [-0.39, 0.29) is 11.9 Å². The number of rotatable bonds is 5. The summed E-state index contributed by atoms with van der Waals surface area (Å²) >= 11 is 0. The Hall–Kier alpha value is -2.49. The number of carbonyl (C=O) groups excluding carboxylic acids is 1. The van der Waals surface area contributed by atoms with E-state index in [1.807, 2.05) is 38.1 Å². The quantitative estimate of drug-likeness (QED) is 0.919. The fraction of sp³-hybridized carbons (Fsp3) is 0.278. The first-order valence-electron chi connectivity index (χ1n) is 7.15. The maximum atomic E-state index is 12.6. The third kappa shape index (κ3) is 3.39. The van der Waals surface area contributed by atoms with Gasteiger partial charge in [-0.25, -0.2) is 0 Å². The zero-order chi connectivity index (χ0) is 16.1. The molecule has 4 nitrogen and oxygen atoms in total. The largest absolute Gasteiger partial charge is 0.496 e. The SMILES string of the molecule is COc1cccc(OC)c1C(=O)NC(C)c1ccc(C)cc1. The highest BCUT2D eigenvalue weighted by Gasteiger charge is 2.20. The fourth-order valence-electron chi connectivity index (χ4n) is 2.28. The molecule has 0 saturated carbocycles. The minimum absolute atomic E-state index is 0.109. The predicted molar refractivity (Wildman–Crippen MR) is 86.6 cm³/mol. The van der Waals surface area contributed by atoms with Crippen LogP contribution in [-0.2, 0) is 0 Å². The molecule has 0 radical (unpaired) electrons. The lowest BCUT2D eigenvalue weighted by atomic mass is 10.1. The highest BCUT2D eigenvalue weighted by Crippen LogP contribution is 2.28. The molecule has 2 rings (SSSR count). The van der Waals surface area contributed by atoms with Crippen LogP contribution < -0.4 is 14.8 Å². The molecule has 0 aromatic heterocycles. The van der Waals surface area contributed by atoms with E-state index in [1.165, 1.54) is 19.8 Å². The molecule has 4 heteroatoms. The van der Waals surface area contributed by atoms with Crippen molar-refractivity contribution in [3.8, 4) is 11.5 Å². The van der Waals surface area contributed by atoms with Gasteiger partial charge in [0.2, 0.25) is 0 Å². The van der Waals surface area contributed by atoms with Gasteiger partial charge in [-0.2, -0.15) is 0 Å². The van der Waals surface area contributed by atoms with Crippen LogP contribution in [0.15, 0.2) is 42.5 Å². The predicted octanol–water partition coefficient (Wildman–Crippen LogP) is 3.50. The second kappa shape index (κ2) is 6.98. The van der Waals surface area contributed by atoms with Crippen LogP contribution in [0, 0.1) is 6.92 Å². The molecule has 0 fully saturated rings. The monoisotopic (exact) mass is 299 g/mol. The Morgan fingerprint density at radius 2 is 1.55 bits per heavy atom. The smallest absolute Gasteiger partial charge is 0.259 e. The van der Waals surface area contributed by atoms with Gasteiger partial charge in [0.05, 0.1) is 20.3 Å². The summed E-state index contributed by atoms with van der Waals surface area (Å²) in [4.78, 5) is 12.6. The summed E-state index contributed by atoms with van der Waals surface area (Å²) in [6, 6.07) is 13.3. The van der Waals surface area contributed by atoms with Crippen LogP contribution in [0.3, 0.4) is 0 Å². The molecule has 1 N–H and O–H groups in total. The standard InChI is InChI=1S/C18H21NO3/c1-12-8-10-14(11-9-12)13(2)19-18(20)17-15(21-3)6-5-7-16(17)22-4/h5-11,13H,1-4H3,(H,19,20). The molecule has 0 aliphatic carbocycles. The van der Waals surface area contributed by atoms with Crippen molar-refractivity contribution < 1.29 is 14.3 Å². The summed E-state index contributed by atoms with van der Waals surface area (Å²) in [7, 11) is 3.07. The molecule has 0 bridgehead atoms. The van der Waals surface area contributed by atoms with Crippen LogP contribution in [0.25, 0.3) is 0 Å². The molecule has 22 heavy (non-hydrogen) atoms. The van der Waals surface area contributed by atoms with Crippen molar-refractivity contribution in [2.24, 2.45) is 0 Å². The van der Waals surface area contributed by atoms with Crippen molar-refractivity contribution in [3.63, 3.8) is 0 Å². The summed E-state index contributed by atoms with van der Waals surface area (Å²) in [5.41, 5.74) is 2.65. The van der Waals surface area contributed by atoms with Gasteiger partial charge in [-0.05, 0) is 31.5 Å². The molecular weight excluding hydrogens is 278 g/mol. The number of ether oxygens (including phenoxy) is 2. The summed E-state index contributed by atoms with van der Waals surface area (Å²) in [5.74, 6) is 0.767. The molecule has 0 aliphatic heterocycles. The molecule has 1 atom stereocenters. The third-order valence-corrected chi connectivity index (χ3v) is 3.58. The Labute approximate surface area is 131 Å². The minimum Gasteiger partial charge on any atom is -0.496 e. The highest BCUT2D eigenvalue weighted by molar-refractivity contribution is 5.99.